The van der Waals surface area contributed by atoms with Crippen LogP contribution in [0.4, 0.5) is 37.1 Å². The Balaban J connectivity index is 0.000000181. The van der Waals surface area contributed by atoms with E-state index in [1.54, 1.807) is 16.2 Å². The SMILES string of the molecule is Cc1ccc2nc(Nc3ncc(N4CCN(C(=O)OC(C)(C)C)CC4)s3)oc2c1.Cc1ccc2nc(Nc3ncc(N4CCNCC4)s3)oc2c1.Cl. The van der Waals surface area contributed by atoms with E-state index in [1.165, 1.54) is 16.3 Å². The second kappa shape index (κ2) is 15.9. The van der Waals surface area contributed by atoms with Crippen LogP contribution in [-0.2, 0) is 4.74 Å². The molecular formula is C35H43ClN10O4S2. The maximum atomic E-state index is 12.2. The Labute approximate surface area is 316 Å². The highest BCUT2D eigenvalue weighted by Crippen LogP contribution is 2.32. The molecule has 0 radical (unpaired) electrons. The molecule has 276 valence electrons. The summed E-state index contributed by atoms with van der Waals surface area (Å²) in [5.41, 5.74) is 5.02. The molecule has 8 rings (SSSR count). The number of nitrogens with zero attached hydrogens (tertiary/aromatic N) is 7. The van der Waals surface area contributed by atoms with E-state index in [-0.39, 0.29) is 18.5 Å². The molecule has 6 aromatic rings. The standard InChI is InChI=1S/C20H25N5O3S.C15H17N5OS.ClH/c1-13-5-6-14-15(11-13)27-17(22-14)23-18-21-12-16(29-18)24-7-9-25(10-8-24)19(26)28-20(2,3)4;1-10-2-3-11-12(8-10)21-14(18-11)19-15-17-9-13(22-15)20-6-4-16-5-7-20;/h5-6,11-12H,7-10H2,1-4H3,(H,21,22,23);2-3,8-9,16H,4-7H2,1H3,(H,17,18,19);1H. The number of benzene rings is 2. The minimum absolute atomic E-state index is 0. The second-order valence-corrected chi connectivity index (χ2v) is 15.4. The highest BCUT2D eigenvalue weighted by molar-refractivity contribution is 7.19. The molecule has 1 amide bonds. The number of aromatic nitrogens is 4. The Morgan fingerprint density at radius 1 is 0.769 bits per heavy atom. The fraction of sp³-hybridized carbons (Fsp3) is 0.400. The summed E-state index contributed by atoms with van der Waals surface area (Å²) in [6.45, 7) is 16.5. The van der Waals surface area contributed by atoms with Gasteiger partial charge in [0.05, 0.1) is 12.4 Å². The van der Waals surface area contributed by atoms with Crippen molar-refractivity contribution in [1.29, 1.82) is 0 Å². The predicted molar refractivity (Wildman–Crippen MR) is 211 cm³/mol. The topological polar surface area (TPSA) is 150 Å². The van der Waals surface area contributed by atoms with Crippen LogP contribution in [0.3, 0.4) is 0 Å². The molecule has 0 bridgehead atoms. The number of hydrogen-bond acceptors (Lipinski definition) is 15. The third-order valence-electron chi connectivity index (χ3n) is 8.17. The average molecular weight is 767 g/mol. The van der Waals surface area contributed by atoms with Gasteiger partial charge < -0.3 is 33.6 Å². The minimum Gasteiger partial charge on any atom is -0.444 e. The van der Waals surface area contributed by atoms with Gasteiger partial charge in [0.15, 0.2) is 21.4 Å². The molecular weight excluding hydrogens is 724 g/mol. The normalized spacial score (nSPS) is 14.9. The lowest BCUT2D eigenvalue weighted by Crippen LogP contribution is -2.49. The van der Waals surface area contributed by atoms with Crippen molar-refractivity contribution in [2.75, 3.05) is 72.8 Å². The van der Waals surface area contributed by atoms with E-state index < -0.39 is 5.60 Å². The van der Waals surface area contributed by atoms with E-state index in [4.69, 9.17) is 13.6 Å². The number of rotatable bonds is 6. The van der Waals surface area contributed by atoms with Gasteiger partial charge >= 0.3 is 18.1 Å². The monoisotopic (exact) mass is 766 g/mol. The van der Waals surface area contributed by atoms with Gasteiger partial charge in [-0.2, -0.15) is 9.97 Å². The number of amides is 1. The number of halogens is 1. The first-order chi connectivity index (χ1) is 24.5. The number of hydrogen-bond donors (Lipinski definition) is 3. The van der Waals surface area contributed by atoms with E-state index in [0.29, 0.717) is 25.1 Å². The Morgan fingerprint density at radius 2 is 1.25 bits per heavy atom. The van der Waals surface area contributed by atoms with Gasteiger partial charge in [-0.3, -0.25) is 10.6 Å². The summed E-state index contributed by atoms with van der Waals surface area (Å²) in [5, 5.41) is 13.4. The summed E-state index contributed by atoms with van der Waals surface area (Å²) < 4.78 is 16.9. The quantitative estimate of drug-likeness (QED) is 0.153. The highest BCUT2D eigenvalue weighted by atomic mass is 35.5. The van der Waals surface area contributed by atoms with Crippen LogP contribution in [0, 0.1) is 13.8 Å². The highest BCUT2D eigenvalue weighted by Gasteiger charge is 2.27. The molecule has 6 heterocycles. The minimum atomic E-state index is -0.476. The van der Waals surface area contributed by atoms with Crippen molar-refractivity contribution in [3.8, 4) is 0 Å². The second-order valence-electron chi connectivity index (χ2n) is 13.4. The first-order valence-electron chi connectivity index (χ1n) is 16.9. The fourth-order valence-corrected chi connectivity index (χ4v) is 7.33. The molecule has 17 heteroatoms. The summed E-state index contributed by atoms with van der Waals surface area (Å²) in [7, 11) is 0. The zero-order valence-corrected chi connectivity index (χ0v) is 32.2. The number of carbonyl (C=O) groups excluding carboxylic acids is 1. The fourth-order valence-electron chi connectivity index (χ4n) is 5.61. The predicted octanol–water partition coefficient (Wildman–Crippen LogP) is 7.56. The number of anilines is 6. The Morgan fingerprint density at radius 3 is 1.73 bits per heavy atom. The number of piperazine rings is 2. The molecule has 0 spiro atoms. The number of aryl methyl sites for hydroxylation is 2. The smallest absolute Gasteiger partial charge is 0.410 e. The van der Waals surface area contributed by atoms with E-state index in [0.717, 1.165) is 87.9 Å². The Kier molecular flexibility index (Phi) is 11.4. The zero-order chi connectivity index (χ0) is 35.5. The molecule has 14 nitrogen and oxygen atoms in total. The first-order valence-corrected chi connectivity index (χ1v) is 18.6. The van der Waals surface area contributed by atoms with Crippen molar-refractivity contribution in [2.24, 2.45) is 0 Å². The van der Waals surface area contributed by atoms with Crippen molar-refractivity contribution >= 4 is 95.7 Å². The zero-order valence-electron chi connectivity index (χ0n) is 29.8. The van der Waals surface area contributed by atoms with Crippen LogP contribution in [0.15, 0.2) is 57.6 Å². The molecule has 2 aliphatic rings. The number of ether oxygens (including phenoxy) is 1. The van der Waals surface area contributed by atoms with E-state index >= 15 is 0 Å². The van der Waals surface area contributed by atoms with Crippen LogP contribution in [0.1, 0.15) is 31.9 Å². The first kappa shape index (κ1) is 37.1. The molecule has 2 aliphatic heterocycles. The molecule has 2 fully saturated rings. The van der Waals surface area contributed by atoms with Gasteiger partial charge in [0.2, 0.25) is 0 Å². The molecule has 0 saturated carbocycles. The lowest BCUT2D eigenvalue weighted by molar-refractivity contribution is 0.0241. The summed E-state index contributed by atoms with van der Waals surface area (Å²) in [6.07, 6.45) is 3.49. The van der Waals surface area contributed by atoms with Gasteiger partial charge in [0, 0.05) is 52.4 Å². The van der Waals surface area contributed by atoms with Crippen molar-refractivity contribution in [3.05, 3.63) is 59.9 Å². The molecule has 0 aliphatic carbocycles. The number of oxazole rings is 2. The van der Waals surface area contributed by atoms with Gasteiger partial charge in [-0.1, -0.05) is 34.8 Å². The van der Waals surface area contributed by atoms with Crippen LogP contribution >= 0.6 is 35.1 Å². The summed E-state index contributed by atoms with van der Waals surface area (Å²) in [5.74, 6) is 0. The summed E-state index contributed by atoms with van der Waals surface area (Å²) >= 11 is 3.16. The van der Waals surface area contributed by atoms with Crippen molar-refractivity contribution in [3.63, 3.8) is 0 Å². The van der Waals surface area contributed by atoms with Gasteiger partial charge in [-0.05, 0) is 70.0 Å². The van der Waals surface area contributed by atoms with Gasteiger partial charge in [0.1, 0.15) is 26.6 Å². The number of fused-ring (bicyclic) bond motifs is 2. The van der Waals surface area contributed by atoms with Gasteiger partial charge in [-0.15, -0.1) is 12.4 Å². The number of carbonyl (C=O) groups is 1. The van der Waals surface area contributed by atoms with Gasteiger partial charge in [0.25, 0.3) is 0 Å². The number of thiazole rings is 2. The lowest BCUT2D eigenvalue weighted by atomic mass is 10.2. The largest absolute Gasteiger partial charge is 0.444 e. The lowest BCUT2D eigenvalue weighted by Gasteiger charge is -2.35. The molecule has 2 aromatic carbocycles. The molecule has 3 N–H and O–H groups in total. The summed E-state index contributed by atoms with van der Waals surface area (Å²) in [6, 6.07) is 12.8. The van der Waals surface area contributed by atoms with E-state index in [1.807, 2.05) is 83.4 Å². The molecule has 4 aromatic heterocycles. The van der Waals surface area contributed by atoms with Crippen molar-refractivity contribution in [1.82, 2.24) is 30.2 Å². The number of nitrogens with one attached hydrogen (secondary N) is 3. The maximum Gasteiger partial charge on any atom is 0.410 e. The van der Waals surface area contributed by atoms with Crippen LogP contribution < -0.4 is 25.8 Å². The van der Waals surface area contributed by atoms with Crippen LogP contribution in [-0.4, -0.2) is 88.9 Å². The molecule has 2 saturated heterocycles. The third-order valence-corrected chi connectivity index (χ3v) is 10.1. The van der Waals surface area contributed by atoms with Gasteiger partial charge in [-0.25, -0.2) is 14.8 Å². The van der Waals surface area contributed by atoms with Crippen LogP contribution in [0.5, 0.6) is 0 Å². The maximum absolute atomic E-state index is 12.2. The average Bonchev–Trinajstić information content (AvgIpc) is 3.92. The molecule has 52 heavy (non-hydrogen) atoms. The van der Waals surface area contributed by atoms with Crippen LogP contribution in [0.25, 0.3) is 22.2 Å². The third kappa shape index (κ3) is 9.23. The molecule has 0 unspecified atom stereocenters. The van der Waals surface area contributed by atoms with E-state index in [2.05, 4.69) is 45.7 Å². The van der Waals surface area contributed by atoms with Crippen molar-refractivity contribution in [2.45, 2.75) is 40.2 Å². The molecule has 0 atom stereocenters. The summed E-state index contributed by atoms with van der Waals surface area (Å²) in [4.78, 5) is 36.3. The Hall–Kier alpha value is -4.64. The van der Waals surface area contributed by atoms with E-state index in [9.17, 15) is 4.79 Å². The van der Waals surface area contributed by atoms with Crippen LogP contribution in [0.2, 0.25) is 0 Å². The Bertz CT molecular complexity index is 2110. The van der Waals surface area contributed by atoms with Crippen molar-refractivity contribution < 1.29 is 18.4 Å².